The molecule has 3 rings (SSSR count). The number of ether oxygens (including phenoxy) is 2. The van der Waals surface area contributed by atoms with Gasteiger partial charge in [-0.05, 0) is 51.2 Å². The average Bonchev–Trinajstić information content (AvgIpc) is 3.34. The molecule has 1 aromatic heterocycles. The lowest BCUT2D eigenvalue weighted by atomic mass is 9.89. The number of hydrogen-bond donors (Lipinski definition) is 2. The van der Waals surface area contributed by atoms with E-state index in [4.69, 9.17) is 18.9 Å². The van der Waals surface area contributed by atoms with Crippen LogP contribution in [-0.4, -0.2) is 50.5 Å². The molecule has 152 valence electrons. The van der Waals surface area contributed by atoms with Crippen LogP contribution in [0.5, 0.6) is 0 Å². The van der Waals surface area contributed by atoms with Crippen LogP contribution in [0.4, 0.5) is 0 Å². The summed E-state index contributed by atoms with van der Waals surface area (Å²) < 4.78 is 17.0. The quantitative estimate of drug-likeness (QED) is 0.393. The Labute approximate surface area is 163 Å². The number of aliphatic imine (C=N–C) groups is 1. The van der Waals surface area contributed by atoms with Gasteiger partial charge in [-0.15, -0.1) is 0 Å². The lowest BCUT2D eigenvalue weighted by Crippen LogP contribution is -2.51. The number of guanidine groups is 1. The Hall–Kier alpha value is -1.53. The fourth-order valence-electron chi connectivity index (χ4n) is 4.13. The van der Waals surface area contributed by atoms with E-state index in [1.54, 1.807) is 6.26 Å². The highest BCUT2D eigenvalue weighted by atomic mass is 16.5. The molecule has 0 aromatic carbocycles. The van der Waals surface area contributed by atoms with Gasteiger partial charge in [-0.1, -0.05) is 12.8 Å². The van der Waals surface area contributed by atoms with Gasteiger partial charge in [-0.3, -0.25) is 4.99 Å². The molecule has 0 amide bonds. The van der Waals surface area contributed by atoms with E-state index in [0.717, 1.165) is 70.3 Å². The molecule has 1 unspecified atom stereocenters. The van der Waals surface area contributed by atoms with E-state index in [2.05, 4.69) is 10.6 Å². The molecule has 6 heteroatoms. The molecule has 1 atom stereocenters. The zero-order valence-electron chi connectivity index (χ0n) is 16.7. The maximum atomic E-state index is 6.16. The number of nitrogens with one attached hydrogen (secondary N) is 2. The summed E-state index contributed by atoms with van der Waals surface area (Å²) in [7, 11) is 0. The molecular formula is C21H35N3O3. The van der Waals surface area contributed by atoms with Gasteiger partial charge in [-0.2, -0.15) is 0 Å². The molecule has 2 fully saturated rings. The van der Waals surface area contributed by atoms with Crippen LogP contribution < -0.4 is 10.6 Å². The molecule has 2 heterocycles. The van der Waals surface area contributed by atoms with Crippen LogP contribution in [0.2, 0.25) is 0 Å². The van der Waals surface area contributed by atoms with Crippen molar-refractivity contribution in [2.24, 2.45) is 4.99 Å². The van der Waals surface area contributed by atoms with Crippen LogP contribution in [0.1, 0.15) is 57.6 Å². The minimum atomic E-state index is 0.115. The minimum absolute atomic E-state index is 0.115. The smallest absolute Gasteiger partial charge is 0.191 e. The molecule has 2 aliphatic rings. The predicted octanol–water partition coefficient (Wildman–Crippen LogP) is 3.28. The second-order valence-corrected chi connectivity index (χ2v) is 7.61. The van der Waals surface area contributed by atoms with Gasteiger partial charge in [-0.25, -0.2) is 0 Å². The van der Waals surface area contributed by atoms with Crippen molar-refractivity contribution < 1.29 is 13.9 Å². The first-order chi connectivity index (χ1) is 13.3. The van der Waals surface area contributed by atoms with Crippen molar-refractivity contribution in [3.63, 3.8) is 0 Å². The van der Waals surface area contributed by atoms with Gasteiger partial charge < -0.3 is 24.5 Å². The van der Waals surface area contributed by atoms with Gasteiger partial charge in [0.15, 0.2) is 5.96 Å². The molecule has 27 heavy (non-hydrogen) atoms. The first-order valence-corrected chi connectivity index (χ1v) is 10.6. The standard InChI is InChI=1S/C21H35N3O3/c1-2-25-14-6-12-22-20(23-13-8-19-7-5-15-26-19)24-18-9-16-27-21(17-18)10-3-4-11-21/h5,7,15,18H,2-4,6,8-14,16-17H2,1H3,(H2,22,23,24). The molecule has 0 bridgehead atoms. The molecule has 1 aliphatic carbocycles. The highest BCUT2D eigenvalue weighted by Crippen LogP contribution is 2.39. The van der Waals surface area contributed by atoms with Crippen LogP contribution in [0.3, 0.4) is 0 Å². The molecule has 2 N–H and O–H groups in total. The largest absolute Gasteiger partial charge is 0.469 e. The fourth-order valence-corrected chi connectivity index (χ4v) is 4.13. The zero-order chi connectivity index (χ0) is 18.8. The summed E-state index contributed by atoms with van der Waals surface area (Å²) in [5.74, 6) is 1.90. The molecule has 1 aromatic rings. The van der Waals surface area contributed by atoms with Gasteiger partial charge in [0.1, 0.15) is 5.76 Å². The van der Waals surface area contributed by atoms with Crippen molar-refractivity contribution in [3.05, 3.63) is 24.2 Å². The number of rotatable bonds is 9. The summed E-state index contributed by atoms with van der Waals surface area (Å²) in [6.45, 7) is 5.97. The third-order valence-electron chi connectivity index (χ3n) is 5.51. The number of hydrogen-bond acceptors (Lipinski definition) is 4. The molecule has 1 spiro atoms. The Morgan fingerprint density at radius 1 is 1.37 bits per heavy atom. The van der Waals surface area contributed by atoms with Crippen molar-refractivity contribution in [2.75, 3.05) is 32.9 Å². The summed E-state index contributed by atoms with van der Waals surface area (Å²) in [5, 5.41) is 7.14. The van der Waals surface area contributed by atoms with Crippen molar-refractivity contribution >= 4 is 5.96 Å². The number of nitrogens with zero attached hydrogens (tertiary/aromatic N) is 1. The van der Waals surface area contributed by atoms with Gasteiger partial charge in [0.25, 0.3) is 0 Å². The van der Waals surface area contributed by atoms with Crippen molar-refractivity contribution in [2.45, 2.75) is 69.9 Å². The van der Waals surface area contributed by atoms with Gasteiger partial charge in [0, 0.05) is 45.4 Å². The average molecular weight is 378 g/mol. The second-order valence-electron chi connectivity index (χ2n) is 7.61. The highest BCUT2D eigenvalue weighted by molar-refractivity contribution is 5.80. The van der Waals surface area contributed by atoms with E-state index in [1.165, 1.54) is 25.7 Å². The molecule has 1 aliphatic heterocycles. The number of furan rings is 1. The zero-order valence-corrected chi connectivity index (χ0v) is 16.7. The fraction of sp³-hybridized carbons (Fsp3) is 0.762. The molecule has 1 saturated carbocycles. The van der Waals surface area contributed by atoms with Crippen LogP contribution in [0.15, 0.2) is 27.8 Å². The lowest BCUT2D eigenvalue weighted by molar-refractivity contribution is -0.0815. The normalized spacial score (nSPS) is 22.3. The first kappa shape index (κ1) is 20.2. The summed E-state index contributed by atoms with van der Waals surface area (Å²) in [6.07, 6.45) is 10.7. The highest BCUT2D eigenvalue weighted by Gasteiger charge is 2.40. The van der Waals surface area contributed by atoms with Crippen LogP contribution in [-0.2, 0) is 15.9 Å². The molecule has 0 radical (unpaired) electrons. The third-order valence-corrected chi connectivity index (χ3v) is 5.51. The third kappa shape index (κ3) is 6.54. The SMILES string of the molecule is CCOCCCN=C(NCCc1ccco1)NC1CCOC2(CCCC2)C1. The Morgan fingerprint density at radius 3 is 3.04 bits per heavy atom. The van der Waals surface area contributed by atoms with Crippen LogP contribution >= 0.6 is 0 Å². The summed E-state index contributed by atoms with van der Waals surface area (Å²) in [6, 6.07) is 4.37. The maximum absolute atomic E-state index is 6.16. The van der Waals surface area contributed by atoms with E-state index in [9.17, 15) is 0 Å². The summed E-state index contributed by atoms with van der Waals surface area (Å²) in [4.78, 5) is 4.77. The monoisotopic (exact) mass is 377 g/mol. The Balaban J connectivity index is 1.50. The second kappa shape index (κ2) is 10.7. The van der Waals surface area contributed by atoms with Crippen molar-refractivity contribution in [1.82, 2.24) is 10.6 Å². The van der Waals surface area contributed by atoms with E-state index in [0.29, 0.717) is 6.04 Å². The Morgan fingerprint density at radius 2 is 2.26 bits per heavy atom. The van der Waals surface area contributed by atoms with Gasteiger partial charge in [0.05, 0.1) is 11.9 Å². The Bertz CT molecular complexity index is 553. The van der Waals surface area contributed by atoms with E-state index < -0.39 is 0 Å². The van der Waals surface area contributed by atoms with E-state index >= 15 is 0 Å². The molecule has 6 nitrogen and oxygen atoms in total. The molecule has 1 saturated heterocycles. The first-order valence-electron chi connectivity index (χ1n) is 10.6. The van der Waals surface area contributed by atoms with Gasteiger partial charge >= 0.3 is 0 Å². The maximum Gasteiger partial charge on any atom is 0.191 e. The topological polar surface area (TPSA) is 68.0 Å². The summed E-state index contributed by atoms with van der Waals surface area (Å²) in [5.41, 5.74) is 0.115. The Kier molecular flexibility index (Phi) is 8.02. The van der Waals surface area contributed by atoms with Crippen molar-refractivity contribution in [1.29, 1.82) is 0 Å². The summed E-state index contributed by atoms with van der Waals surface area (Å²) >= 11 is 0. The molecular weight excluding hydrogens is 342 g/mol. The lowest BCUT2D eigenvalue weighted by Gasteiger charge is -2.39. The predicted molar refractivity (Wildman–Crippen MR) is 107 cm³/mol. The van der Waals surface area contributed by atoms with E-state index in [-0.39, 0.29) is 5.60 Å². The minimum Gasteiger partial charge on any atom is -0.469 e. The van der Waals surface area contributed by atoms with E-state index in [1.807, 2.05) is 19.1 Å². The van der Waals surface area contributed by atoms with Crippen LogP contribution in [0.25, 0.3) is 0 Å². The van der Waals surface area contributed by atoms with Crippen LogP contribution in [0, 0.1) is 0 Å². The van der Waals surface area contributed by atoms with Crippen molar-refractivity contribution in [3.8, 4) is 0 Å². The van der Waals surface area contributed by atoms with Gasteiger partial charge in [0.2, 0.25) is 0 Å².